The number of amides is 3. The minimum absolute atomic E-state index is 0. The molecule has 0 spiro atoms. The molecule has 0 saturated carbocycles. The summed E-state index contributed by atoms with van der Waals surface area (Å²) < 4.78 is 10.8. The average molecular weight is 458 g/mol. The van der Waals surface area contributed by atoms with Crippen LogP contribution in [0.1, 0.15) is 35.3 Å². The molecule has 34 heavy (non-hydrogen) atoms. The fourth-order valence-corrected chi connectivity index (χ4v) is 3.57. The van der Waals surface area contributed by atoms with Crippen LogP contribution in [0.2, 0.25) is 0 Å². The van der Waals surface area contributed by atoms with Gasteiger partial charge in [-0.15, -0.1) is 0 Å². The molecule has 2 aromatic rings. The van der Waals surface area contributed by atoms with Gasteiger partial charge in [-0.1, -0.05) is 30.8 Å². The summed E-state index contributed by atoms with van der Waals surface area (Å²) >= 11 is 0. The Bertz CT molecular complexity index is 1180. The molecule has 2 aliphatic heterocycles. The summed E-state index contributed by atoms with van der Waals surface area (Å²) in [5, 5.41) is 20.1. The number of hydrogen-bond acceptors (Lipinski definition) is 7. The first-order valence-corrected chi connectivity index (χ1v) is 10.3. The molecule has 11 heteroatoms. The zero-order valence-corrected chi connectivity index (χ0v) is 19.3. The fourth-order valence-electron chi connectivity index (χ4n) is 3.57. The van der Waals surface area contributed by atoms with Crippen molar-refractivity contribution < 1.29 is 47.8 Å². The Balaban J connectivity index is 0.00000324. The van der Waals surface area contributed by atoms with Gasteiger partial charge >= 0.3 is 18.9 Å². The van der Waals surface area contributed by atoms with Gasteiger partial charge in [-0.05, 0) is 35.9 Å². The number of para-hydroxylation sites is 1. The molecule has 1 atom stereocenters. The summed E-state index contributed by atoms with van der Waals surface area (Å²) in [7, 11) is 3.11. The Morgan fingerprint density at radius 1 is 1.18 bits per heavy atom. The van der Waals surface area contributed by atoms with Crippen LogP contribution in [0.4, 0.5) is 5.69 Å². The molecule has 0 radical (unpaired) electrons. The maximum Gasteiger partial charge on any atom is 1.00 e. The molecular formula is C23H23LiN4O6. The molecule has 3 amide bonds. The number of fused-ring (bicyclic) bond motifs is 1. The van der Waals surface area contributed by atoms with Crippen molar-refractivity contribution >= 4 is 23.4 Å². The number of aromatic hydroxyl groups is 1. The average Bonchev–Trinajstić information content (AvgIpc) is 3.36. The number of ether oxygens (including phenoxy) is 2. The summed E-state index contributed by atoms with van der Waals surface area (Å²) in [5.74, 6) is -0.883. The molecule has 10 nitrogen and oxygen atoms in total. The molecule has 0 aliphatic carbocycles. The minimum Gasteiger partial charge on any atom is -0.649 e. The van der Waals surface area contributed by atoms with E-state index in [2.05, 4.69) is 16.0 Å². The molecule has 2 aromatic carbocycles. The number of imide groups is 1. The summed E-state index contributed by atoms with van der Waals surface area (Å²) in [6.07, 6.45) is 0.593. The smallest absolute Gasteiger partial charge is 0.649 e. The number of carbonyl (C=O) groups is 3. The van der Waals surface area contributed by atoms with E-state index in [4.69, 9.17) is 9.47 Å². The van der Waals surface area contributed by atoms with Crippen molar-refractivity contribution in [3.8, 4) is 17.2 Å². The number of phenols is 1. The molecule has 172 valence electrons. The molecule has 4 rings (SSSR count). The minimum atomic E-state index is -0.702. The van der Waals surface area contributed by atoms with Crippen molar-refractivity contribution in [2.75, 3.05) is 20.9 Å². The largest absolute Gasteiger partial charge is 1.00 e. The molecule has 0 aromatic heterocycles. The van der Waals surface area contributed by atoms with E-state index in [1.54, 1.807) is 26.2 Å². The summed E-state index contributed by atoms with van der Waals surface area (Å²) in [6.45, 7) is 2.07. The van der Waals surface area contributed by atoms with Crippen molar-refractivity contribution in [3.05, 3.63) is 64.2 Å². The SMILES string of the molecule is CCC(NC1=C([N-]c2cccc(C(=O)N(C)C)c2O)C(=O)NC1=O)c1ccc2c(c1)OCO2.[Li+]. The topological polar surface area (TPSA) is 131 Å². The zero-order chi connectivity index (χ0) is 23.7. The number of hydrogen-bond donors (Lipinski definition) is 3. The molecule has 1 unspecified atom stereocenters. The Kier molecular flexibility index (Phi) is 7.44. The maximum absolute atomic E-state index is 12.5. The van der Waals surface area contributed by atoms with Crippen LogP contribution in [0.5, 0.6) is 17.2 Å². The van der Waals surface area contributed by atoms with Gasteiger partial charge in [-0.25, -0.2) is 0 Å². The number of nitrogens with one attached hydrogen (secondary N) is 2. The van der Waals surface area contributed by atoms with Gasteiger partial charge in [-0.2, -0.15) is 0 Å². The second-order valence-electron chi connectivity index (χ2n) is 7.71. The first-order chi connectivity index (χ1) is 15.8. The maximum atomic E-state index is 12.5. The first-order valence-electron chi connectivity index (χ1n) is 10.3. The van der Waals surface area contributed by atoms with E-state index < -0.39 is 17.7 Å². The number of nitrogens with zero attached hydrogens (tertiary/aromatic N) is 2. The van der Waals surface area contributed by atoms with E-state index in [1.807, 2.05) is 19.1 Å². The first kappa shape index (κ1) is 25.0. The molecule has 2 heterocycles. The van der Waals surface area contributed by atoms with Crippen LogP contribution >= 0.6 is 0 Å². The molecular weight excluding hydrogens is 435 g/mol. The van der Waals surface area contributed by atoms with Crippen LogP contribution in [0, 0.1) is 0 Å². The van der Waals surface area contributed by atoms with E-state index in [0.29, 0.717) is 17.9 Å². The third-order valence-electron chi connectivity index (χ3n) is 5.32. The zero-order valence-electron chi connectivity index (χ0n) is 19.3. The van der Waals surface area contributed by atoms with E-state index in [-0.39, 0.29) is 60.1 Å². The normalized spacial score (nSPS) is 14.9. The van der Waals surface area contributed by atoms with Crippen molar-refractivity contribution in [1.29, 1.82) is 0 Å². The van der Waals surface area contributed by atoms with Gasteiger partial charge in [0.2, 0.25) is 12.7 Å². The van der Waals surface area contributed by atoms with Crippen molar-refractivity contribution in [3.63, 3.8) is 0 Å². The van der Waals surface area contributed by atoms with Gasteiger partial charge in [-0.3, -0.25) is 19.7 Å². The third-order valence-corrected chi connectivity index (χ3v) is 5.32. The fraction of sp³-hybridized carbons (Fsp3) is 0.261. The van der Waals surface area contributed by atoms with Gasteiger partial charge in [0.15, 0.2) is 11.5 Å². The predicted octanol–water partition coefficient (Wildman–Crippen LogP) is -0.559. The van der Waals surface area contributed by atoms with Crippen molar-refractivity contribution in [2.24, 2.45) is 0 Å². The van der Waals surface area contributed by atoms with Gasteiger partial charge in [0.05, 0.1) is 17.3 Å². The van der Waals surface area contributed by atoms with Gasteiger partial charge in [0.1, 0.15) is 5.75 Å². The molecule has 0 bridgehead atoms. The Morgan fingerprint density at radius 3 is 2.62 bits per heavy atom. The molecule has 0 saturated heterocycles. The van der Waals surface area contributed by atoms with Crippen LogP contribution in [-0.2, 0) is 9.59 Å². The standard InChI is InChI=1S/C23H24N4O6.Li/c1-4-14(12-8-9-16-17(10-12)33-11-32-16)24-18-19(22(30)26-21(18)29)25-15-7-5-6-13(20(15)28)23(31)27(2)3;/h5-10,14H,4,11H2,1-3H3,(H4,24,25,26,28,29,30,31);/q;+1/p-1. The van der Waals surface area contributed by atoms with E-state index >= 15 is 0 Å². The van der Waals surface area contributed by atoms with E-state index in [1.165, 1.54) is 17.0 Å². The third kappa shape index (κ3) is 4.69. The van der Waals surface area contributed by atoms with Gasteiger partial charge in [0.25, 0.3) is 11.8 Å². The van der Waals surface area contributed by atoms with Crippen molar-refractivity contribution in [2.45, 2.75) is 19.4 Å². The Hall–Kier alpha value is -3.61. The van der Waals surface area contributed by atoms with Crippen LogP contribution in [-0.4, -0.2) is 48.6 Å². The number of benzene rings is 2. The van der Waals surface area contributed by atoms with E-state index in [0.717, 1.165) is 5.56 Å². The van der Waals surface area contributed by atoms with Crippen molar-refractivity contribution in [1.82, 2.24) is 15.5 Å². The van der Waals surface area contributed by atoms with Gasteiger partial charge < -0.3 is 30.1 Å². The summed E-state index contributed by atoms with van der Waals surface area (Å²) in [5.41, 5.74) is 0.672. The van der Waals surface area contributed by atoms with Crippen LogP contribution < -0.4 is 39.0 Å². The second kappa shape index (κ2) is 10.1. The quantitative estimate of drug-likeness (QED) is 0.375. The number of phenolic OH excluding ortho intramolecular Hbond substituents is 1. The van der Waals surface area contributed by atoms with Crippen LogP contribution in [0.15, 0.2) is 47.8 Å². The Labute approximate surface area is 208 Å². The summed E-state index contributed by atoms with van der Waals surface area (Å²) in [4.78, 5) is 38.6. The predicted molar refractivity (Wildman–Crippen MR) is 118 cm³/mol. The number of rotatable bonds is 7. The molecule has 0 fully saturated rings. The summed E-state index contributed by atoms with van der Waals surface area (Å²) in [6, 6.07) is 9.58. The Morgan fingerprint density at radius 2 is 1.91 bits per heavy atom. The molecule has 2 aliphatic rings. The monoisotopic (exact) mass is 458 g/mol. The second-order valence-corrected chi connectivity index (χ2v) is 7.71. The van der Waals surface area contributed by atoms with Crippen LogP contribution in [0.3, 0.4) is 0 Å². The van der Waals surface area contributed by atoms with Crippen LogP contribution in [0.25, 0.3) is 5.32 Å². The van der Waals surface area contributed by atoms with Gasteiger partial charge in [0, 0.05) is 14.1 Å². The van der Waals surface area contributed by atoms with E-state index in [9.17, 15) is 19.5 Å². The molecule has 3 N–H and O–H groups in total. The number of carbonyl (C=O) groups excluding carboxylic acids is 3.